The van der Waals surface area contributed by atoms with Crippen LogP contribution in [0.15, 0.2) is 192 Å². The molecule has 0 aliphatic rings. The number of hydrogen-bond acceptors (Lipinski definition) is 5. The van der Waals surface area contributed by atoms with Crippen LogP contribution in [0, 0.1) is 0 Å². The van der Waals surface area contributed by atoms with Crippen LogP contribution in [0.25, 0.3) is 106 Å². The van der Waals surface area contributed by atoms with Gasteiger partial charge in [-0.2, -0.15) is 0 Å². The summed E-state index contributed by atoms with van der Waals surface area (Å²) in [6.07, 6.45) is 0. The number of nitrogens with zero attached hydrogens (tertiary/aromatic N) is 5. The van der Waals surface area contributed by atoms with Crippen molar-refractivity contribution in [3.05, 3.63) is 188 Å². The minimum absolute atomic E-state index is 0.626. The van der Waals surface area contributed by atoms with Gasteiger partial charge in [-0.05, 0) is 47.5 Å². The SMILES string of the molecule is c1ccc(-c2nc(-c3ccccc3)nc(-c3ccc(-c4cccc(-n5c6ccccc6c6oc7c8ccccc8nc(-c8ccccc8)c7c65)c4)cc3)n2)cc1. The van der Waals surface area contributed by atoms with Gasteiger partial charge >= 0.3 is 0 Å². The quantitative estimate of drug-likeness (QED) is 0.171. The summed E-state index contributed by atoms with van der Waals surface area (Å²) in [5, 5.41) is 3.05. The van der Waals surface area contributed by atoms with Crippen molar-refractivity contribution in [2.45, 2.75) is 0 Å². The Labute approximate surface area is 322 Å². The first kappa shape index (κ1) is 31.8. The van der Waals surface area contributed by atoms with Crippen LogP contribution in [-0.2, 0) is 0 Å². The number of furan rings is 1. The highest BCUT2D eigenvalue weighted by Gasteiger charge is 2.24. The van der Waals surface area contributed by atoms with Crippen molar-refractivity contribution in [2.24, 2.45) is 0 Å². The molecule has 0 atom stereocenters. The molecule has 0 N–H and O–H groups in total. The van der Waals surface area contributed by atoms with E-state index in [4.69, 9.17) is 24.4 Å². The Balaban J connectivity index is 1.06. The number of pyridine rings is 1. The number of hydrogen-bond donors (Lipinski definition) is 0. The lowest BCUT2D eigenvalue weighted by atomic mass is 10.0. The summed E-state index contributed by atoms with van der Waals surface area (Å²) >= 11 is 0. The largest absolute Gasteiger partial charge is 0.453 e. The van der Waals surface area contributed by atoms with E-state index >= 15 is 0 Å². The molecule has 0 bridgehead atoms. The highest BCUT2D eigenvalue weighted by Crippen LogP contribution is 2.44. The first-order valence-corrected chi connectivity index (χ1v) is 18.6. The first-order valence-electron chi connectivity index (χ1n) is 18.6. The van der Waals surface area contributed by atoms with Crippen LogP contribution in [0.4, 0.5) is 0 Å². The minimum Gasteiger partial charge on any atom is -0.453 e. The molecule has 0 unspecified atom stereocenters. The van der Waals surface area contributed by atoms with Gasteiger partial charge in [0.05, 0.1) is 22.1 Å². The van der Waals surface area contributed by atoms with E-state index in [9.17, 15) is 0 Å². The van der Waals surface area contributed by atoms with Crippen LogP contribution in [0.2, 0.25) is 0 Å². The Hall–Kier alpha value is -7.70. The standard InChI is InChI=1S/C50H31N5O/c1-4-15-33(16-5-1)44-43-45-47(56-46(43)39-23-10-12-25-41(39)51-44)40-24-11-13-26-42(40)55(45)38-22-14-21-37(31-38)32-27-29-36(30-28-32)50-53-48(34-17-6-2-7-18-34)52-49(54-50)35-19-8-3-9-20-35/h1-31H. The fraction of sp³-hybridized carbons (Fsp3) is 0. The lowest BCUT2D eigenvalue weighted by Crippen LogP contribution is -2.00. The molecule has 0 saturated heterocycles. The zero-order chi connectivity index (χ0) is 37.0. The molecule has 0 fully saturated rings. The maximum absolute atomic E-state index is 6.91. The molecule has 0 spiro atoms. The molecule has 0 aliphatic heterocycles. The topological polar surface area (TPSA) is 69.6 Å². The average Bonchev–Trinajstić information content (AvgIpc) is 3.82. The predicted molar refractivity (Wildman–Crippen MR) is 226 cm³/mol. The summed E-state index contributed by atoms with van der Waals surface area (Å²) in [5.74, 6) is 1.91. The van der Waals surface area contributed by atoms with Crippen molar-refractivity contribution in [3.8, 4) is 62.2 Å². The molecular formula is C50H31N5O. The Morgan fingerprint density at radius 1 is 0.375 bits per heavy atom. The predicted octanol–water partition coefficient (Wildman–Crippen LogP) is 12.6. The molecule has 0 saturated carbocycles. The monoisotopic (exact) mass is 717 g/mol. The fourth-order valence-corrected chi connectivity index (χ4v) is 7.80. The van der Waals surface area contributed by atoms with Gasteiger partial charge in [0.25, 0.3) is 0 Å². The summed E-state index contributed by atoms with van der Waals surface area (Å²) in [4.78, 5) is 20.0. The molecule has 6 nitrogen and oxygen atoms in total. The molecule has 4 heterocycles. The van der Waals surface area contributed by atoms with Gasteiger partial charge in [0, 0.05) is 38.7 Å². The van der Waals surface area contributed by atoms with E-state index in [2.05, 4.69) is 114 Å². The Morgan fingerprint density at radius 3 is 1.55 bits per heavy atom. The van der Waals surface area contributed by atoms with Crippen molar-refractivity contribution in [3.63, 3.8) is 0 Å². The molecule has 11 rings (SSSR count). The van der Waals surface area contributed by atoms with E-state index in [0.29, 0.717) is 17.5 Å². The van der Waals surface area contributed by atoms with Crippen LogP contribution in [0.3, 0.4) is 0 Å². The highest BCUT2D eigenvalue weighted by molar-refractivity contribution is 6.24. The van der Waals surface area contributed by atoms with Crippen molar-refractivity contribution in [2.75, 3.05) is 0 Å². The number of rotatable bonds is 6. The lowest BCUT2D eigenvalue weighted by Gasteiger charge is -2.12. The third kappa shape index (κ3) is 5.27. The van der Waals surface area contributed by atoms with Crippen LogP contribution in [0.5, 0.6) is 0 Å². The van der Waals surface area contributed by atoms with Crippen LogP contribution in [0.1, 0.15) is 0 Å². The maximum Gasteiger partial charge on any atom is 0.164 e. The van der Waals surface area contributed by atoms with E-state index in [1.54, 1.807) is 0 Å². The summed E-state index contributed by atoms with van der Waals surface area (Å²) in [5.41, 5.74) is 12.6. The average molecular weight is 718 g/mol. The van der Waals surface area contributed by atoms with Gasteiger partial charge in [0.2, 0.25) is 0 Å². The normalized spacial score (nSPS) is 11.6. The van der Waals surface area contributed by atoms with Crippen LogP contribution in [-0.4, -0.2) is 24.5 Å². The van der Waals surface area contributed by atoms with E-state index < -0.39 is 0 Å². The molecule has 0 amide bonds. The second-order valence-corrected chi connectivity index (χ2v) is 13.8. The third-order valence-electron chi connectivity index (χ3n) is 10.4. The van der Waals surface area contributed by atoms with E-state index in [1.165, 1.54) is 0 Å². The molecule has 7 aromatic carbocycles. The van der Waals surface area contributed by atoms with Gasteiger partial charge in [-0.3, -0.25) is 0 Å². The first-order chi connectivity index (χ1) is 27.8. The number of fused-ring (bicyclic) bond motifs is 7. The lowest BCUT2D eigenvalue weighted by molar-refractivity contribution is 0.676. The Bertz CT molecular complexity index is 3170. The molecule has 4 aromatic heterocycles. The van der Waals surface area contributed by atoms with E-state index in [0.717, 1.165) is 88.6 Å². The molecule has 56 heavy (non-hydrogen) atoms. The molecule has 0 aliphatic carbocycles. The fourth-order valence-electron chi connectivity index (χ4n) is 7.80. The highest BCUT2D eigenvalue weighted by atomic mass is 16.3. The Kier molecular flexibility index (Phi) is 7.38. The van der Waals surface area contributed by atoms with Gasteiger partial charge in [0.1, 0.15) is 11.1 Å². The van der Waals surface area contributed by atoms with E-state index in [-0.39, 0.29) is 0 Å². The molecule has 0 radical (unpaired) electrons. The van der Waals surface area contributed by atoms with Gasteiger partial charge < -0.3 is 8.98 Å². The molecule has 262 valence electrons. The van der Waals surface area contributed by atoms with Crippen LogP contribution >= 0.6 is 0 Å². The summed E-state index contributed by atoms with van der Waals surface area (Å²) in [6, 6.07) is 64.4. The van der Waals surface area contributed by atoms with Gasteiger partial charge in [-0.1, -0.05) is 152 Å². The third-order valence-corrected chi connectivity index (χ3v) is 10.4. The summed E-state index contributed by atoms with van der Waals surface area (Å²) < 4.78 is 9.24. The minimum atomic E-state index is 0.626. The van der Waals surface area contributed by atoms with Gasteiger partial charge in [-0.15, -0.1) is 0 Å². The van der Waals surface area contributed by atoms with Crippen molar-refractivity contribution in [1.82, 2.24) is 24.5 Å². The molecule has 6 heteroatoms. The van der Waals surface area contributed by atoms with Gasteiger partial charge in [0.15, 0.2) is 23.1 Å². The zero-order valence-corrected chi connectivity index (χ0v) is 30.0. The van der Waals surface area contributed by atoms with E-state index in [1.807, 2.05) is 78.9 Å². The molecular weight excluding hydrogens is 687 g/mol. The number of benzene rings is 7. The Morgan fingerprint density at radius 2 is 0.893 bits per heavy atom. The summed E-state index contributed by atoms with van der Waals surface area (Å²) in [7, 11) is 0. The number of para-hydroxylation sites is 2. The smallest absolute Gasteiger partial charge is 0.164 e. The van der Waals surface area contributed by atoms with Gasteiger partial charge in [-0.25, -0.2) is 19.9 Å². The maximum atomic E-state index is 6.91. The van der Waals surface area contributed by atoms with Crippen molar-refractivity contribution < 1.29 is 4.42 Å². The molecule has 11 aromatic rings. The van der Waals surface area contributed by atoms with Crippen LogP contribution < -0.4 is 0 Å². The second kappa shape index (κ2) is 13.0. The zero-order valence-electron chi connectivity index (χ0n) is 30.0. The summed E-state index contributed by atoms with van der Waals surface area (Å²) in [6.45, 7) is 0. The van der Waals surface area contributed by atoms with Crippen molar-refractivity contribution >= 4 is 43.9 Å². The number of aromatic nitrogens is 5. The van der Waals surface area contributed by atoms with Crippen molar-refractivity contribution in [1.29, 1.82) is 0 Å². The second-order valence-electron chi connectivity index (χ2n) is 13.8.